The minimum atomic E-state index is -0.643. The molecule has 2 aromatic carbocycles. The average molecular weight is 446 g/mol. The molecule has 164 valence electrons. The lowest BCUT2D eigenvalue weighted by atomic mass is 9.99. The van der Waals surface area contributed by atoms with Gasteiger partial charge in [0.2, 0.25) is 5.91 Å². The van der Waals surface area contributed by atoms with Gasteiger partial charge in [0.25, 0.3) is 5.56 Å². The number of nitrogens with zero attached hydrogens (tertiary/aromatic N) is 2. The normalized spacial score (nSPS) is 12.3. The molecular weight excluding hydrogens is 418 g/mol. The third-order valence-corrected chi connectivity index (χ3v) is 6.60. The van der Waals surface area contributed by atoms with Crippen LogP contribution >= 0.6 is 11.3 Å². The highest BCUT2D eigenvalue weighted by Gasteiger charge is 2.23. The van der Waals surface area contributed by atoms with Crippen LogP contribution in [-0.4, -0.2) is 15.5 Å². The Labute approximate surface area is 191 Å². The molecule has 1 amide bonds. The first-order chi connectivity index (χ1) is 15.4. The second-order valence-corrected chi connectivity index (χ2v) is 9.20. The molecule has 0 aliphatic rings. The molecule has 1 atom stereocenters. The van der Waals surface area contributed by atoms with Crippen molar-refractivity contribution in [3.63, 3.8) is 0 Å². The summed E-state index contributed by atoms with van der Waals surface area (Å²) in [5.74, 6) is 0.221. The Bertz CT molecular complexity index is 1320. The summed E-state index contributed by atoms with van der Waals surface area (Å²) >= 11 is 1.45. The predicted molar refractivity (Wildman–Crippen MR) is 133 cm³/mol. The molecule has 0 bridgehead atoms. The highest BCUT2D eigenvalue weighted by atomic mass is 32.1. The van der Waals surface area contributed by atoms with Gasteiger partial charge in [-0.1, -0.05) is 57.2 Å². The van der Waals surface area contributed by atoms with Crippen LogP contribution in [-0.2, 0) is 4.79 Å². The second kappa shape index (κ2) is 9.09. The van der Waals surface area contributed by atoms with Crippen LogP contribution in [0.5, 0.6) is 0 Å². The number of fused-ring (bicyclic) bond motifs is 1. The van der Waals surface area contributed by atoms with Crippen LogP contribution < -0.4 is 10.9 Å². The van der Waals surface area contributed by atoms with Crippen LogP contribution in [0.3, 0.4) is 0 Å². The monoisotopic (exact) mass is 445 g/mol. The molecule has 6 heteroatoms. The number of carbonyl (C=O) groups excluding carboxylic acids is 1. The molecule has 5 nitrogen and oxygen atoms in total. The van der Waals surface area contributed by atoms with E-state index in [1.54, 1.807) is 0 Å². The van der Waals surface area contributed by atoms with E-state index < -0.39 is 6.04 Å². The zero-order valence-corrected chi connectivity index (χ0v) is 19.6. The fraction of sp³-hybridized carbons (Fsp3) is 0.269. The zero-order chi connectivity index (χ0) is 22.8. The average Bonchev–Trinajstić information content (AvgIpc) is 3.21. The van der Waals surface area contributed by atoms with Crippen molar-refractivity contribution in [3.05, 3.63) is 81.7 Å². The van der Waals surface area contributed by atoms with Crippen LogP contribution in [0.4, 0.5) is 5.69 Å². The van der Waals surface area contributed by atoms with Crippen LogP contribution in [0.2, 0.25) is 0 Å². The first kappa shape index (κ1) is 22.0. The first-order valence-corrected chi connectivity index (χ1v) is 11.7. The second-order valence-electron chi connectivity index (χ2n) is 8.35. The summed E-state index contributed by atoms with van der Waals surface area (Å²) in [6.07, 6.45) is 1.98. The van der Waals surface area contributed by atoms with Gasteiger partial charge in [-0.3, -0.25) is 14.2 Å². The van der Waals surface area contributed by atoms with E-state index in [2.05, 4.69) is 48.4 Å². The zero-order valence-electron chi connectivity index (χ0n) is 18.8. The van der Waals surface area contributed by atoms with Gasteiger partial charge in [-0.2, -0.15) is 0 Å². The summed E-state index contributed by atoms with van der Waals surface area (Å²) in [4.78, 5) is 31.8. The third-order valence-electron chi connectivity index (χ3n) is 5.72. The van der Waals surface area contributed by atoms with Crippen LogP contribution in [0, 0.1) is 6.92 Å². The van der Waals surface area contributed by atoms with Crippen molar-refractivity contribution < 1.29 is 4.79 Å². The molecule has 0 spiro atoms. The third kappa shape index (κ3) is 4.23. The highest BCUT2D eigenvalue weighted by Crippen LogP contribution is 2.32. The smallest absolute Gasteiger partial charge is 0.263 e. The van der Waals surface area contributed by atoms with Gasteiger partial charge in [-0.05, 0) is 48.1 Å². The first-order valence-electron chi connectivity index (χ1n) is 10.8. The van der Waals surface area contributed by atoms with Crippen LogP contribution in [0.1, 0.15) is 50.3 Å². The molecule has 0 saturated heterocycles. The number of hydrogen-bond acceptors (Lipinski definition) is 4. The minimum absolute atomic E-state index is 0.189. The highest BCUT2D eigenvalue weighted by molar-refractivity contribution is 7.17. The lowest BCUT2D eigenvalue weighted by Gasteiger charge is -2.18. The topological polar surface area (TPSA) is 64.0 Å². The summed E-state index contributed by atoms with van der Waals surface area (Å²) in [7, 11) is 0. The molecule has 0 radical (unpaired) electrons. The van der Waals surface area contributed by atoms with Gasteiger partial charge in [0, 0.05) is 16.6 Å². The van der Waals surface area contributed by atoms with Crippen molar-refractivity contribution in [3.8, 4) is 11.1 Å². The Balaban J connectivity index is 1.72. The van der Waals surface area contributed by atoms with Crippen molar-refractivity contribution >= 4 is 33.1 Å². The summed E-state index contributed by atoms with van der Waals surface area (Å²) in [5.41, 5.74) is 4.68. The van der Waals surface area contributed by atoms with Gasteiger partial charge in [0.1, 0.15) is 10.9 Å². The minimum Gasteiger partial charge on any atom is -0.324 e. The molecular formula is C26H27N3O2S. The fourth-order valence-corrected chi connectivity index (χ4v) is 4.79. The molecule has 0 saturated carbocycles. The Hall–Kier alpha value is -3.25. The van der Waals surface area contributed by atoms with Crippen LogP contribution in [0.15, 0.2) is 65.0 Å². The van der Waals surface area contributed by atoms with Crippen molar-refractivity contribution in [2.24, 2.45) is 0 Å². The van der Waals surface area contributed by atoms with Gasteiger partial charge in [0.05, 0.1) is 11.7 Å². The van der Waals surface area contributed by atoms with Crippen molar-refractivity contribution in [2.75, 3.05) is 5.32 Å². The molecule has 4 aromatic rings. The fourth-order valence-electron chi connectivity index (χ4n) is 3.88. The Morgan fingerprint density at radius 1 is 1.16 bits per heavy atom. The molecule has 1 unspecified atom stereocenters. The molecule has 4 rings (SSSR count). The quantitative estimate of drug-likeness (QED) is 0.387. The Morgan fingerprint density at radius 2 is 1.91 bits per heavy atom. The van der Waals surface area contributed by atoms with Crippen molar-refractivity contribution in [2.45, 2.75) is 46.1 Å². The van der Waals surface area contributed by atoms with E-state index in [4.69, 9.17) is 0 Å². The Morgan fingerprint density at radius 3 is 2.56 bits per heavy atom. The van der Waals surface area contributed by atoms with Gasteiger partial charge < -0.3 is 5.32 Å². The SMILES string of the molecule is CCC(C(=O)Nc1cccc(C)c1)n1cnc2scc(-c3ccc(C(C)C)cc3)c2c1=O. The number of amides is 1. The number of thiophene rings is 1. The predicted octanol–water partition coefficient (Wildman–Crippen LogP) is 6.15. The summed E-state index contributed by atoms with van der Waals surface area (Å²) in [6, 6.07) is 15.3. The van der Waals surface area contributed by atoms with E-state index in [-0.39, 0.29) is 11.5 Å². The maximum atomic E-state index is 13.5. The molecule has 0 fully saturated rings. The molecule has 2 heterocycles. The van der Waals surface area contributed by atoms with Gasteiger partial charge in [-0.15, -0.1) is 11.3 Å². The number of aromatic nitrogens is 2. The van der Waals surface area contributed by atoms with Crippen molar-refractivity contribution in [1.29, 1.82) is 0 Å². The number of benzene rings is 2. The molecule has 0 aliphatic carbocycles. The molecule has 0 aliphatic heterocycles. The molecule has 2 aromatic heterocycles. The van der Waals surface area contributed by atoms with Gasteiger partial charge in [0.15, 0.2) is 0 Å². The van der Waals surface area contributed by atoms with E-state index >= 15 is 0 Å². The van der Waals surface area contributed by atoms with E-state index in [1.165, 1.54) is 27.8 Å². The maximum Gasteiger partial charge on any atom is 0.263 e. The number of nitrogens with one attached hydrogen (secondary N) is 1. The van der Waals surface area contributed by atoms with E-state index in [1.807, 2.05) is 43.5 Å². The summed E-state index contributed by atoms with van der Waals surface area (Å²) in [5, 5.41) is 5.48. The van der Waals surface area contributed by atoms with Crippen LogP contribution in [0.25, 0.3) is 21.3 Å². The van der Waals surface area contributed by atoms with E-state index in [0.717, 1.165) is 22.4 Å². The maximum absolute atomic E-state index is 13.5. The van der Waals surface area contributed by atoms with E-state index in [9.17, 15) is 9.59 Å². The lowest BCUT2D eigenvalue weighted by Crippen LogP contribution is -2.33. The molecule has 32 heavy (non-hydrogen) atoms. The van der Waals surface area contributed by atoms with E-state index in [0.29, 0.717) is 22.6 Å². The van der Waals surface area contributed by atoms with Gasteiger partial charge >= 0.3 is 0 Å². The number of hydrogen-bond donors (Lipinski definition) is 1. The Kier molecular flexibility index (Phi) is 6.24. The number of anilines is 1. The van der Waals surface area contributed by atoms with Crippen molar-refractivity contribution in [1.82, 2.24) is 9.55 Å². The molecule has 1 N–H and O–H groups in total. The number of rotatable bonds is 6. The summed E-state index contributed by atoms with van der Waals surface area (Å²) < 4.78 is 1.46. The largest absolute Gasteiger partial charge is 0.324 e. The summed E-state index contributed by atoms with van der Waals surface area (Å²) in [6.45, 7) is 8.19. The standard InChI is InChI=1S/C26H27N3O2S/c1-5-22(24(30)28-20-8-6-7-17(4)13-20)29-15-27-25-23(26(29)31)21(14-32-25)19-11-9-18(10-12-19)16(2)3/h6-16,22H,5H2,1-4H3,(H,28,30). The lowest BCUT2D eigenvalue weighted by molar-refractivity contribution is -0.119. The van der Waals surface area contributed by atoms with Gasteiger partial charge in [-0.25, -0.2) is 4.98 Å². The number of carbonyl (C=O) groups is 1. The number of aryl methyl sites for hydroxylation is 1.